The van der Waals surface area contributed by atoms with Gasteiger partial charge in [0.1, 0.15) is 23.3 Å². The Morgan fingerprint density at radius 1 is 1.00 bits per heavy atom. The summed E-state index contributed by atoms with van der Waals surface area (Å²) in [6.07, 6.45) is 4.86. The average molecular weight is 316 g/mol. The van der Waals surface area contributed by atoms with Crippen molar-refractivity contribution in [1.29, 1.82) is 0 Å². The SMILES string of the molecule is C[C@]12CC(=O)[C@H]3[C@@H](CCC45O[C@@H]4C(=O)CC[C@]35C)[C@@H]1CCC2=O. The van der Waals surface area contributed by atoms with E-state index in [1.54, 1.807) is 0 Å². The molecule has 0 amide bonds. The van der Waals surface area contributed by atoms with E-state index in [4.69, 9.17) is 4.74 Å². The van der Waals surface area contributed by atoms with Crippen LogP contribution in [0.25, 0.3) is 0 Å². The third-order valence-corrected chi connectivity index (χ3v) is 8.35. The van der Waals surface area contributed by atoms with Crippen LogP contribution < -0.4 is 0 Å². The maximum atomic E-state index is 13.1. The van der Waals surface area contributed by atoms with Gasteiger partial charge in [0.05, 0.1) is 0 Å². The van der Waals surface area contributed by atoms with Gasteiger partial charge in [-0.05, 0) is 37.5 Å². The van der Waals surface area contributed by atoms with E-state index in [-0.39, 0.29) is 34.6 Å². The van der Waals surface area contributed by atoms with E-state index in [1.165, 1.54) is 0 Å². The zero-order valence-electron chi connectivity index (χ0n) is 13.9. The molecule has 1 unspecified atom stereocenters. The molecular weight excluding hydrogens is 292 g/mol. The molecule has 1 saturated heterocycles. The number of carbonyl (C=O) groups is 3. The molecule has 1 spiro atoms. The summed E-state index contributed by atoms with van der Waals surface area (Å²) in [5, 5.41) is 0. The molecule has 4 aliphatic carbocycles. The van der Waals surface area contributed by atoms with Crippen molar-refractivity contribution in [3.8, 4) is 0 Å². The molecule has 23 heavy (non-hydrogen) atoms. The number of ketones is 3. The highest BCUT2D eigenvalue weighted by atomic mass is 16.6. The molecule has 5 fully saturated rings. The van der Waals surface area contributed by atoms with Gasteiger partial charge in [-0.3, -0.25) is 14.4 Å². The van der Waals surface area contributed by atoms with Gasteiger partial charge in [-0.25, -0.2) is 0 Å². The Hall–Kier alpha value is -1.03. The Kier molecular flexibility index (Phi) is 2.46. The van der Waals surface area contributed by atoms with E-state index in [0.29, 0.717) is 36.9 Å². The second kappa shape index (κ2) is 3.96. The van der Waals surface area contributed by atoms with E-state index < -0.39 is 5.41 Å². The van der Waals surface area contributed by atoms with Crippen LogP contribution in [0.4, 0.5) is 0 Å². The second-order valence-electron chi connectivity index (χ2n) is 9.08. The fraction of sp³-hybridized carbons (Fsp3) is 0.842. The molecule has 0 aromatic heterocycles. The van der Waals surface area contributed by atoms with Crippen LogP contribution in [-0.4, -0.2) is 29.1 Å². The molecule has 0 bridgehead atoms. The zero-order chi connectivity index (χ0) is 16.2. The van der Waals surface area contributed by atoms with Gasteiger partial charge < -0.3 is 4.74 Å². The number of ether oxygens (including phenoxy) is 1. The van der Waals surface area contributed by atoms with Gasteiger partial charge in [0.25, 0.3) is 0 Å². The van der Waals surface area contributed by atoms with Crippen LogP contribution >= 0.6 is 0 Å². The lowest BCUT2D eigenvalue weighted by Crippen LogP contribution is -2.61. The topological polar surface area (TPSA) is 63.7 Å². The standard InChI is InChI=1S/C19H24O4/c1-17-9-13(21)15-10(11(17)3-4-14(17)22)5-8-19-16(23-19)12(20)6-7-18(15,19)2/h10-11,15-16H,3-9H2,1-2H3/t10-,11-,15+,16+,17-,18+,19?/m0/s1. The molecule has 5 aliphatic rings. The Bertz CT molecular complexity index is 654. The summed E-state index contributed by atoms with van der Waals surface area (Å²) in [6, 6.07) is 0. The molecule has 124 valence electrons. The number of Topliss-reactive ketones (excluding diaryl/α,β-unsaturated/α-hetero) is 3. The minimum atomic E-state index is -0.423. The summed E-state index contributed by atoms with van der Waals surface area (Å²) in [5.41, 5.74) is -0.999. The molecule has 4 saturated carbocycles. The maximum Gasteiger partial charge on any atom is 0.164 e. The predicted octanol–water partition coefficient (Wildman–Crippen LogP) is 2.48. The third kappa shape index (κ3) is 1.42. The maximum absolute atomic E-state index is 13.1. The predicted molar refractivity (Wildman–Crippen MR) is 81.6 cm³/mol. The van der Waals surface area contributed by atoms with Gasteiger partial charge in [-0.15, -0.1) is 0 Å². The summed E-state index contributed by atoms with van der Waals surface area (Å²) in [6.45, 7) is 4.21. The number of rotatable bonds is 0. The lowest BCUT2D eigenvalue weighted by molar-refractivity contribution is -0.160. The van der Waals surface area contributed by atoms with Crippen molar-refractivity contribution >= 4 is 17.3 Å². The van der Waals surface area contributed by atoms with Crippen LogP contribution in [-0.2, 0) is 19.1 Å². The Labute approximate surface area is 136 Å². The third-order valence-electron chi connectivity index (χ3n) is 8.35. The molecule has 0 aromatic rings. The van der Waals surface area contributed by atoms with Gasteiger partial charge in [0, 0.05) is 36.0 Å². The number of hydrogen-bond donors (Lipinski definition) is 0. The minimum absolute atomic E-state index is 0.0154. The summed E-state index contributed by atoms with van der Waals surface area (Å²) >= 11 is 0. The first kappa shape index (κ1) is 14.3. The van der Waals surface area contributed by atoms with E-state index in [9.17, 15) is 14.4 Å². The van der Waals surface area contributed by atoms with Gasteiger partial charge in [-0.1, -0.05) is 13.8 Å². The second-order valence-corrected chi connectivity index (χ2v) is 9.08. The fourth-order valence-corrected chi connectivity index (χ4v) is 7.09. The Morgan fingerprint density at radius 2 is 1.78 bits per heavy atom. The molecule has 0 N–H and O–H groups in total. The zero-order valence-corrected chi connectivity index (χ0v) is 13.9. The number of epoxide rings is 1. The first-order chi connectivity index (χ1) is 10.8. The van der Waals surface area contributed by atoms with Crippen LogP contribution in [0.3, 0.4) is 0 Å². The monoisotopic (exact) mass is 316 g/mol. The molecule has 0 aromatic carbocycles. The van der Waals surface area contributed by atoms with Gasteiger partial charge in [0.15, 0.2) is 5.78 Å². The average Bonchev–Trinajstić information content (AvgIpc) is 3.17. The quantitative estimate of drug-likeness (QED) is 0.644. The number of fused-ring (bicyclic) bond motifs is 4. The van der Waals surface area contributed by atoms with E-state index in [1.807, 2.05) is 6.92 Å². The van der Waals surface area contributed by atoms with Crippen molar-refractivity contribution in [3.05, 3.63) is 0 Å². The van der Waals surface area contributed by atoms with E-state index in [0.717, 1.165) is 25.7 Å². The van der Waals surface area contributed by atoms with Crippen molar-refractivity contribution in [3.63, 3.8) is 0 Å². The van der Waals surface area contributed by atoms with Gasteiger partial charge in [-0.2, -0.15) is 0 Å². The fourth-order valence-electron chi connectivity index (χ4n) is 7.09. The highest BCUT2D eigenvalue weighted by molar-refractivity contribution is 5.96. The summed E-state index contributed by atoms with van der Waals surface area (Å²) in [7, 11) is 0. The first-order valence-corrected chi connectivity index (χ1v) is 9.10. The largest absolute Gasteiger partial charge is 0.357 e. The normalized spacial score (nSPS) is 57.4. The summed E-state index contributed by atoms with van der Waals surface area (Å²) < 4.78 is 5.97. The van der Waals surface area contributed by atoms with Crippen molar-refractivity contribution < 1.29 is 19.1 Å². The Balaban J connectivity index is 1.58. The van der Waals surface area contributed by atoms with Crippen LogP contribution in [0, 0.1) is 28.6 Å². The van der Waals surface area contributed by atoms with Crippen molar-refractivity contribution in [2.75, 3.05) is 0 Å². The molecule has 0 radical (unpaired) electrons. The molecule has 1 heterocycles. The van der Waals surface area contributed by atoms with Crippen molar-refractivity contribution in [2.24, 2.45) is 28.6 Å². The summed E-state index contributed by atoms with van der Waals surface area (Å²) in [4.78, 5) is 37.6. The molecule has 4 heteroatoms. The number of hydrogen-bond acceptors (Lipinski definition) is 4. The highest BCUT2D eigenvalue weighted by Gasteiger charge is 2.77. The van der Waals surface area contributed by atoms with Crippen LogP contribution in [0.15, 0.2) is 0 Å². The van der Waals surface area contributed by atoms with Gasteiger partial charge in [0.2, 0.25) is 0 Å². The minimum Gasteiger partial charge on any atom is -0.357 e. The molecule has 4 nitrogen and oxygen atoms in total. The van der Waals surface area contributed by atoms with Gasteiger partial charge >= 0.3 is 0 Å². The Morgan fingerprint density at radius 3 is 2.57 bits per heavy atom. The molecule has 7 atom stereocenters. The van der Waals surface area contributed by atoms with E-state index >= 15 is 0 Å². The molecule has 1 aliphatic heterocycles. The smallest absolute Gasteiger partial charge is 0.164 e. The van der Waals surface area contributed by atoms with Crippen molar-refractivity contribution in [2.45, 2.75) is 70.5 Å². The van der Waals surface area contributed by atoms with Crippen LogP contribution in [0.2, 0.25) is 0 Å². The highest BCUT2D eigenvalue weighted by Crippen LogP contribution is 2.70. The number of carbonyl (C=O) groups excluding carboxylic acids is 3. The lowest BCUT2D eigenvalue weighted by atomic mass is 9.44. The lowest BCUT2D eigenvalue weighted by Gasteiger charge is -2.57. The van der Waals surface area contributed by atoms with E-state index in [2.05, 4.69) is 6.92 Å². The molecular formula is C19H24O4. The molecule has 5 rings (SSSR count). The van der Waals surface area contributed by atoms with Crippen molar-refractivity contribution in [1.82, 2.24) is 0 Å². The summed E-state index contributed by atoms with van der Waals surface area (Å²) in [5.74, 6) is 1.42. The first-order valence-electron chi connectivity index (χ1n) is 9.10. The van der Waals surface area contributed by atoms with Crippen LogP contribution in [0.1, 0.15) is 58.8 Å². The van der Waals surface area contributed by atoms with Crippen LogP contribution in [0.5, 0.6) is 0 Å².